The van der Waals surface area contributed by atoms with Crippen LogP contribution in [0, 0.1) is 11.8 Å². The highest BCUT2D eigenvalue weighted by Gasteiger charge is 2.33. The van der Waals surface area contributed by atoms with Gasteiger partial charge in [-0.25, -0.2) is 0 Å². The van der Waals surface area contributed by atoms with Crippen molar-refractivity contribution in [3.63, 3.8) is 0 Å². The van der Waals surface area contributed by atoms with E-state index in [1.54, 1.807) is 0 Å². The minimum Gasteiger partial charge on any atom is -0.326 e. The molecule has 1 aromatic rings. The maximum atomic E-state index is 12.8. The van der Waals surface area contributed by atoms with Crippen LogP contribution in [0.25, 0.3) is 0 Å². The number of benzene rings is 1. The van der Waals surface area contributed by atoms with E-state index in [0.29, 0.717) is 6.42 Å². The number of nitrogens with one attached hydrogen (secondary N) is 1. The van der Waals surface area contributed by atoms with Crippen molar-refractivity contribution >= 4 is 11.6 Å². The fraction of sp³-hybridized carbons (Fsp3) is 0.500. The van der Waals surface area contributed by atoms with Crippen LogP contribution in [0.2, 0.25) is 0 Å². The summed E-state index contributed by atoms with van der Waals surface area (Å²) in [6.45, 7) is 1.82. The zero-order valence-corrected chi connectivity index (χ0v) is 13.3. The van der Waals surface area contributed by atoms with Crippen LogP contribution in [0.5, 0.6) is 0 Å². The normalized spacial score (nSPS) is 10.8. The molecule has 0 saturated heterocycles. The molecule has 1 rings (SSSR count). The maximum Gasteiger partial charge on any atom is 0.418 e. The molecule has 0 unspecified atom stereocenters. The quantitative estimate of drug-likeness (QED) is 0.503. The fourth-order valence-corrected chi connectivity index (χ4v) is 2.21. The number of alkyl halides is 3. The van der Waals surface area contributed by atoms with Crippen LogP contribution < -0.4 is 5.32 Å². The van der Waals surface area contributed by atoms with E-state index in [0.717, 1.165) is 38.2 Å². The van der Waals surface area contributed by atoms with Gasteiger partial charge in [0, 0.05) is 12.8 Å². The molecule has 0 aliphatic rings. The minimum atomic E-state index is -4.47. The number of rotatable bonds is 8. The Labute approximate surface area is 135 Å². The van der Waals surface area contributed by atoms with Gasteiger partial charge in [-0.3, -0.25) is 4.79 Å². The van der Waals surface area contributed by atoms with Gasteiger partial charge < -0.3 is 5.32 Å². The topological polar surface area (TPSA) is 29.1 Å². The Hall–Kier alpha value is -1.96. The standard InChI is InChI=1S/C18H22F3NO/c1-2-3-4-5-6-7-8-9-14-17(23)22-16-13-11-10-12-15(16)18(19,20)21/h10-13H,4-9,14H2,1H3,(H,22,23). The number of carbonyl (C=O) groups excluding carboxylic acids is 1. The molecule has 1 aromatic carbocycles. The predicted molar refractivity (Wildman–Crippen MR) is 85.8 cm³/mol. The summed E-state index contributed by atoms with van der Waals surface area (Å²) < 4.78 is 38.5. The van der Waals surface area contributed by atoms with Crippen molar-refractivity contribution in [2.24, 2.45) is 0 Å². The number of amides is 1. The molecule has 0 bridgehead atoms. The van der Waals surface area contributed by atoms with Crippen molar-refractivity contribution < 1.29 is 18.0 Å². The molecule has 0 saturated carbocycles. The van der Waals surface area contributed by atoms with Crippen LogP contribution >= 0.6 is 0 Å². The van der Waals surface area contributed by atoms with Crippen molar-refractivity contribution in [3.05, 3.63) is 29.8 Å². The smallest absolute Gasteiger partial charge is 0.326 e. The average molecular weight is 325 g/mol. The number of carbonyl (C=O) groups is 1. The van der Waals surface area contributed by atoms with Crippen molar-refractivity contribution in [3.8, 4) is 11.8 Å². The van der Waals surface area contributed by atoms with Gasteiger partial charge in [-0.1, -0.05) is 31.4 Å². The lowest BCUT2D eigenvalue weighted by molar-refractivity contribution is -0.137. The number of hydrogen-bond acceptors (Lipinski definition) is 1. The molecule has 23 heavy (non-hydrogen) atoms. The molecule has 1 amide bonds. The summed E-state index contributed by atoms with van der Waals surface area (Å²) in [5.41, 5.74) is -0.992. The van der Waals surface area contributed by atoms with E-state index >= 15 is 0 Å². The van der Waals surface area contributed by atoms with Crippen LogP contribution in [0.1, 0.15) is 57.4 Å². The molecular weight excluding hydrogens is 303 g/mol. The fourth-order valence-electron chi connectivity index (χ4n) is 2.21. The molecule has 126 valence electrons. The number of anilines is 1. The number of para-hydroxylation sites is 1. The highest BCUT2D eigenvalue weighted by atomic mass is 19.4. The summed E-state index contributed by atoms with van der Waals surface area (Å²) in [6.07, 6.45) is 1.36. The lowest BCUT2D eigenvalue weighted by Crippen LogP contribution is -2.16. The third kappa shape index (κ3) is 7.73. The molecule has 0 spiro atoms. The number of halogens is 3. The predicted octanol–water partition coefficient (Wildman–Crippen LogP) is 5.40. The third-order valence-electron chi connectivity index (χ3n) is 3.39. The lowest BCUT2D eigenvalue weighted by Gasteiger charge is -2.13. The second-order valence-electron chi connectivity index (χ2n) is 5.29. The highest BCUT2D eigenvalue weighted by Crippen LogP contribution is 2.34. The van der Waals surface area contributed by atoms with Gasteiger partial charge in [-0.05, 0) is 31.9 Å². The number of unbranched alkanes of at least 4 members (excludes halogenated alkanes) is 5. The van der Waals surface area contributed by atoms with Crippen LogP contribution in [-0.2, 0) is 11.0 Å². The Balaban J connectivity index is 2.31. The molecule has 1 N–H and O–H groups in total. The van der Waals surface area contributed by atoms with E-state index in [1.165, 1.54) is 18.2 Å². The molecule has 2 nitrogen and oxygen atoms in total. The lowest BCUT2D eigenvalue weighted by atomic mass is 10.1. The Morgan fingerprint density at radius 3 is 2.43 bits per heavy atom. The molecule has 0 fully saturated rings. The van der Waals surface area contributed by atoms with Gasteiger partial charge >= 0.3 is 6.18 Å². The molecule has 0 aromatic heterocycles. The van der Waals surface area contributed by atoms with Crippen LogP contribution in [0.4, 0.5) is 18.9 Å². The average Bonchev–Trinajstić information content (AvgIpc) is 2.49. The Morgan fingerprint density at radius 2 is 1.74 bits per heavy atom. The van der Waals surface area contributed by atoms with E-state index in [1.807, 2.05) is 6.92 Å². The first-order valence-corrected chi connectivity index (χ1v) is 7.81. The largest absolute Gasteiger partial charge is 0.418 e. The molecular formula is C18H22F3NO. The van der Waals surface area contributed by atoms with E-state index in [2.05, 4.69) is 17.2 Å². The van der Waals surface area contributed by atoms with Gasteiger partial charge in [-0.2, -0.15) is 13.2 Å². The monoisotopic (exact) mass is 325 g/mol. The summed E-state index contributed by atoms with van der Waals surface area (Å²) in [5.74, 6) is 5.46. The van der Waals surface area contributed by atoms with Gasteiger partial charge in [0.1, 0.15) is 0 Å². The molecule has 0 heterocycles. The highest BCUT2D eigenvalue weighted by molar-refractivity contribution is 5.91. The first-order chi connectivity index (χ1) is 10.9. The molecule has 0 aliphatic heterocycles. The van der Waals surface area contributed by atoms with Gasteiger partial charge in [0.2, 0.25) is 5.91 Å². The zero-order valence-electron chi connectivity index (χ0n) is 13.3. The summed E-state index contributed by atoms with van der Waals surface area (Å²) in [5, 5.41) is 2.36. The van der Waals surface area contributed by atoms with Crippen LogP contribution in [0.15, 0.2) is 24.3 Å². The van der Waals surface area contributed by atoms with Crippen molar-refractivity contribution in [2.75, 3.05) is 5.32 Å². The van der Waals surface area contributed by atoms with Crippen molar-refractivity contribution in [1.82, 2.24) is 0 Å². The number of hydrogen-bond donors (Lipinski definition) is 1. The SMILES string of the molecule is CC#CCCCCCCCC(=O)Nc1ccccc1C(F)(F)F. The van der Waals surface area contributed by atoms with E-state index in [4.69, 9.17) is 0 Å². The molecule has 5 heteroatoms. The first-order valence-electron chi connectivity index (χ1n) is 7.81. The van der Waals surface area contributed by atoms with E-state index in [-0.39, 0.29) is 18.0 Å². The first kappa shape index (κ1) is 19.1. The van der Waals surface area contributed by atoms with Crippen LogP contribution in [0.3, 0.4) is 0 Å². The molecule has 0 radical (unpaired) electrons. The van der Waals surface area contributed by atoms with Crippen LogP contribution in [-0.4, -0.2) is 5.91 Å². The summed E-state index contributed by atoms with van der Waals surface area (Å²) >= 11 is 0. The summed E-state index contributed by atoms with van der Waals surface area (Å²) in [4.78, 5) is 11.8. The summed E-state index contributed by atoms with van der Waals surface area (Å²) in [6, 6.07) is 5.02. The van der Waals surface area contributed by atoms with Gasteiger partial charge in [0.05, 0.1) is 11.3 Å². The Kier molecular flexibility index (Phi) is 8.25. The van der Waals surface area contributed by atoms with Crippen molar-refractivity contribution in [2.45, 2.75) is 58.0 Å². The minimum absolute atomic E-state index is 0.178. The Bertz CT molecular complexity index is 555. The van der Waals surface area contributed by atoms with Gasteiger partial charge in [-0.15, -0.1) is 11.8 Å². The van der Waals surface area contributed by atoms with E-state index < -0.39 is 11.7 Å². The van der Waals surface area contributed by atoms with Gasteiger partial charge in [0.15, 0.2) is 0 Å². The molecule has 0 aliphatic carbocycles. The third-order valence-corrected chi connectivity index (χ3v) is 3.39. The Morgan fingerprint density at radius 1 is 1.09 bits per heavy atom. The second kappa shape index (κ2) is 9.94. The van der Waals surface area contributed by atoms with Crippen molar-refractivity contribution in [1.29, 1.82) is 0 Å². The zero-order chi connectivity index (χ0) is 17.1. The summed E-state index contributed by atoms with van der Waals surface area (Å²) in [7, 11) is 0. The second-order valence-corrected chi connectivity index (χ2v) is 5.29. The maximum absolute atomic E-state index is 12.8. The van der Waals surface area contributed by atoms with Gasteiger partial charge in [0.25, 0.3) is 0 Å². The molecule has 0 atom stereocenters. The van der Waals surface area contributed by atoms with E-state index in [9.17, 15) is 18.0 Å².